The van der Waals surface area contributed by atoms with Gasteiger partial charge in [0.1, 0.15) is 0 Å². The third kappa shape index (κ3) is 2.49. The zero-order chi connectivity index (χ0) is 15.3. The first-order valence-corrected chi connectivity index (χ1v) is 8.46. The first-order valence-electron chi connectivity index (χ1n) is 7.64. The zero-order valence-corrected chi connectivity index (χ0v) is 13.3. The summed E-state index contributed by atoms with van der Waals surface area (Å²) in [7, 11) is 0. The number of fused-ring (bicyclic) bond motifs is 1. The van der Waals surface area contributed by atoms with Crippen LogP contribution in [0.3, 0.4) is 0 Å². The highest BCUT2D eigenvalue weighted by Crippen LogP contribution is 2.41. The number of rotatable bonds is 3. The molecule has 1 aliphatic carbocycles. The molecule has 1 aromatic rings. The van der Waals surface area contributed by atoms with Gasteiger partial charge in [-0.05, 0) is 31.9 Å². The van der Waals surface area contributed by atoms with Crippen LogP contribution in [0.1, 0.15) is 42.0 Å². The fourth-order valence-electron chi connectivity index (χ4n) is 3.34. The van der Waals surface area contributed by atoms with Crippen molar-refractivity contribution < 1.29 is 5.11 Å². The smallest absolute Gasteiger partial charge is 0.0959 e. The Morgan fingerprint density at radius 2 is 2.32 bits per heavy atom. The molecule has 118 valence electrons. The maximum atomic E-state index is 9.89. The maximum absolute atomic E-state index is 9.89. The Morgan fingerprint density at radius 1 is 1.50 bits per heavy atom. The standard InChI is InChI=1S/C15H21N5OS/c1-15(21)6-8(7-15)18-11-5-13(16)19-10-4-12(22-14(10)11)9-2-3-17-20-9/h3-5,8-9,13,18-21H,2,6-7,16H2,1H3. The zero-order valence-electron chi connectivity index (χ0n) is 12.5. The monoisotopic (exact) mass is 319 g/mol. The summed E-state index contributed by atoms with van der Waals surface area (Å²) in [4.78, 5) is 2.45. The number of aliphatic hydroxyl groups is 1. The molecule has 22 heavy (non-hydrogen) atoms. The van der Waals surface area contributed by atoms with Crippen LogP contribution >= 0.6 is 11.3 Å². The van der Waals surface area contributed by atoms with Crippen LogP contribution in [0.25, 0.3) is 5.70 Å². The van der Waals surface area contributed by atoms with Crippen molar-refractivity contribution in [3.63, 3.8) is 0 Å². The molecule has 0 radical (unpaired) electrons. The second-order valence-electron chi connectivity index (χ2n) is 6.62. The molecule has 7 heteroatoms. The summed E-state index contributed by atoms with van der Waals surface area (Å²) in [5.74, 6) is 0. The molecule has 0 amide bonds. The largest absolute Gasteiger partial charge is 0.390 e. The lowest BCUT2D eigenvalue weighted by atomic mass is 9.77. The normalized spacial score (nSPS) is 36.0. The summed E-state index contributed by atoms with van der Waals surface area (Å²) in [6.07, 6.45) is 6.22. The van der Waals surface area contributed by atoms with Gasteiger partial charge in [-0.1, -0.05) is 0 Å². The van der Waals surface area contributed by atoms with Crippen molar-refractivity contribution in [3.05, 3.63) is 21.9 Å². The van der Waals surface area contributed by atoms with E-state index in [0.29, 0.717) is 6.04 Å². The molecule has 6 nitrogen and oxygen atoms in total. The highest BCUT2D eigenvalue weighted by molar-refractivity contribution is 7.13. The summed E-state index contributed by atoms with van der Waals surface area (Å²) >= 11 is 1.77. The molecule has 2 aliphatic heterocycles. The van der Waals surface area contributed by atoms with Gasteiger partial charge in [-0.2, -0.15) is 5.10 Å². The van der Waals surface area contributed by atoms with Crippen molar-refractivity contribution in [2.24, 2.45) is 10.8 Å². The second kappa shape index (κ2) is 4.97. The predicted molar refractivity (Wildman–Crippen MR) is 89.7 cm³/mol. The van der Waals surface area contributed by atoms with Gasteiger partial charge in [0.05, 0.1) is 34.1 Å². The highest BCUT2D eigenvalue weighted by atomic mass is 32.1. The van der Waals surface area contributed by atoms with Crippen LogP contribution in [0.15, 0.2) is 17.2 Å². The fraction of sp³-hybridized carbons (Fsp3) is 0.533. The maximum Gasteiger partial charge on any atom is 0.0959 e. The van der Waals surface area contributed by atoms with E-state index in [1.807, 2.05) is 19.2 Å². The van der Waals surface area contributed by atoms with Crippen molar-refractivity contribution in [2.75, 3.05) is 5.32 Å². The average Bonchev–Trinajstić information content (AvgIpc) is 3.04. The summed E-state index contributed by atoms with van der Waals surface area (Å²) in [5.41, 5.74) is 10.8. The Hall–Kier alpha value is -1.57. The molecule has 3 heterocycles. The molecule has 2 atom stereocenters. The number of nitrogens with two attached hydrogens (primary N) is 1. The summed E-state index contributed by atoms with van der Waals surface area (Å²) in [6.45, 7) is 1.88. The third-order valence-corrected chi connectivity index (χ3v) is 5.68. The summed E-state index contributed by atoms with van der Waals surface area (Å²) in [5, 5.41) is 20.8. The Bertz CT molecular complexity index is 634. The second-order valence-corrected chi connectivity index (χ2v) is 7.70. The molecule has 6 N–H and O–H groups in total. The SMILES string of the molecule is CC1(O)CC(NC2=CC(N)Nc3cc(C4CC=NN4)sc32)C1. The van der Waals surface area contributed by atoms with E-state index in [-0.39, 0.29) is 12.2 Å². The summed E-state index contributed by atoms with van der Waals surface area (Å²) in [6, 6.07) is 2.75. The molecule has 1 fully saturated rings. The van der Waals surface area contributed by atoms with Gasteiger partial charge in [-0.3, -0.25) is 0 Å². The third-order valence-electron chi connectivity index (χ3n) is 4.40. The molecular formula is C15H21N5OS. The predicted octanol–water partition coefficient (Wildman–Crippen LogP) is 1.32. The Kier molecular flexibility index (Phi) is 3.18. The van der Waals surface area contributed by atoms with E-state index in [1.165, 1.54) is 9.75 Å². The number of hydrogen-bond donors (Lipinski definition) is 5. The van der Waals surface area contributed by atoms with E-state index in [9.17, 15) is 5.11 Å². The van der Waals surface area contributed by atoms with Gasteiger partial charge in [0.25, 0.3) is 0 Å². The lowest BCUT2D eigenvalue weighted by Crippen LogP contribution is -2.51. The van der Waals surface area contributed by atoms with Crippen molar-refractivity contribution in [3.8, 4) is 0 Å². The van der Waals surface area contributed by atoms with E-state index in [0.717, 1.165) is 30.6 Å². The van der Waals surface area contributed by atoms with Crippen molar-refractivity contribution in [1.82, 2.24) is 10.7 Å². The van der Waals surface area contributed by atoms with Crippen LogP contribution < -0.4 is 21.8 Å². The van der Waals surface area contributed by atoms with Gasteiger partial charge < -0.3 is 26.9 Å². The highest BCUT2D eigenvalue weighted by Gasteiger charge is 2.39. The number of nitrogens with zero attached hydrogens (tertiary/aromatic N) is 1. The minimum Gasteiger partial charge on any atom is -0.390 e. The topological polar surface area (TPSA) is 94.7 Å². The van der Waals surface area contributed by atoms with Crippen molar-refractivity contribution in [1.29, 1.82) is 0 Å². The number of nitrogens with one attached hydrogen (secondary N) is 3. The molecule has 4 rings (SSSR count). The number of hydrazone groups is 1. The van der Waals surface area contributed by atoms with Gasteiger partial charge in [0.15, 0.2) is 0 Å². The van der Waals surface area contributed by atoms with Crippen LogP contribution in [0.4, 0.5) is 5.69 Å². The van der Waals surface area contributed by atoms with E-state index < -0.39 is 5.60 Å². The van der Waals surface area contributed by atoms with Crippen molar-refractivity contribution >= 4 is 28.9 Å². The Labute approximate surface area is 133 Å². The Morgan fingerprint density at radius 3 is 3.00 bits per heavy atom. The van der Waals surface area contributed by atoms with Crippen LogP contribution in [0, 0.1) is 0 Å². The number of anilines is 1. The molecule has 0 aromatic carbocycles. The van der Waals surface area contributed by atoms with E-state index in [4.69, 9.17) is 5.73 Å². The number of hydrogen-bond acceptors (Lipinski definition) is 7. The van der Waals surface area contributed by atoms with E-state index in [1.54, 1.807) is 11.3 Å². The molecule has 3 aliphatic rings. The minimum absolute atomic E-state index is 0.189. The lowest BCUT2D eigenvalue weighted by molar-refractivity contribution is -0.0346. The van der Waals surface area contributed by atoms with Gasteiger partial charge in [0, 0.05) is 23.6 Å². The van der Waals surface area contributed by atoms with Crippen molar-refractivity contribution in [2.45, 2.75) is 50.0 Å². The summed E-state index contributed by atoms with van der Waals surface area (Å²) < 4.78 is 0. The molecule has 1 saturated carbocycles. The first kappa shape index (κ1) is 14.0. The van der Waals surface area contributed by atoms with E-state index in [2.05, 4.69) is 27.2 Å². The van der Waals surface area contributed by atoms with Gasteiger partial charge in [0.2, 0.25) is 0 Å². The fourth-order valence-corrected chi connectivity index (χ4v) is 4.50. The van der Waals surface area contributed by atoms with Gasteiger partial charge >= 0.3 is 0 Å². The quantitative estimate of drug-likeness (QED) is 0.579. The molecule has 2 unspecified atom stereocenters. The average molecular weight is 319 g/mol. The van der Waals surface area contributed by atoms with Crippen LogP contribution in [0.5, 0.6) is 0 Å². The molecular weight excluding hydrogens is 298 g/mol. The van der Waals surface area contributed by atoms with Gasteiger partial charge in [-0.15, -0.1) is 11.3 Å². The molecule has 0 spiro atoms. The minimum atomic E-state index is -0.526. The first-order chi connectivity index (χ1) is 10.5. The number of thiophene rings is 1. The molecule has 1 aromatic heterocycles. The molecule has 0 bridgehead atoms. The van der Waals surface area contributed by atoms with Crippen LogP contribution in [0.2, 0.25) is 0 Å². The Balaban J connectivity index is 1.55. The molecule has 0 saturated heterocycles. The van der Waals surface area contributed by atoms with Crippen LogP contribution in [-0.4, -0.2) is 29.1 Å². The van der Waals surface area contributed by atoms with E-state index >= 15 is 0 Å². The lowest BCUT2D eigenvalue weighted by Gasteiger charge is -2.42. The van der Waals surface area contributed by atoms with Crippen LogP contribution in [-0.2, 0) is 0 Å². The van der Waals surface area contributed by atoms with Gasteiger partial charge in [-0.25, -0.2) is 0 Å².